The van der Waals surface area contributed by atoms with Gasteiger partial charge in [-0.05, 0) is 42.0 Å². The standard InChI is InChI=1S/C15H13NO4S/c16-12-7-9(8-14(17)18)1-6-13(12)21-11-4-2-10(3-5-11)15(19)20/h1-7H,8,16H2,(H,17,18)(H,19,20). The van der Waals surface area contributed by atoms with Gasteiger partial charge in [0.05, 0.1) is 12.0 Å². The molecule has 0 saturated heterocycles. The van der Waals surface area contributed by atoms with Gasteiger partial charge in [0.2, 0.25) is 0 Å². The van der Waals surface area contributed by atoms with Gasteiger partial charge in [-0.15, -0.1) is 0 Å². The average molecular weight is 303 g/mol. The average Bonchev–Trinajstić information content (AvgIpc) is 2.42. The molecule has 0 aromatic heterocycles. The molecule has 0 saturated carbocycles. The molecule has 4 N–H and O–H groups in total. The van der Waals surface area contributed by atoms with E-state index in [2.05, 4.69) is 0 Å². The van der Waals surface area contributed by atoms with E-state index in [1.54, 1.807) is 30.3 Å². The van der Waals surface area contributed by atoms with Gasteiger partial charge >= 0.3 is 11.9 Å². The highest BCUT2D eigenvalue weighted by Crippen LogP contribution is 2.32. The monoisotopic (exact) mass is 303 g/mol. The van der Waals surface area contributed by atoms with Crippen LogP contribution in [0.1, 0.15) is 15.9 Å². The highest BCUT2D eigenvalue weighted by atomic mass is 32.2. The first-order valence-electron chi connectivity index (χ1n) is 6.07. The molecule has 0 atom stereocenters. The fourth-order valence-corrected chi connectivity index (χ4v) is 2.61. The summed E-state index contributed by atoms with van der Waals surface area (Å²) in [6.45, 7) is 0. The Morgan fingerprint density at radius 3 is 2.24 bits per heavy atom. The third-order valence-corrected chi connectivity index (χ3v) is 3.86. The molecule has 0 spiro atoms. The molecule has 0 radical (unpaired) electrons. The van der Waals surface area contributed by atoms with E-state index in [1.165, 1.54) is 23.9 Å². The summed E-state index contributed by atoms with van der Waals surface area (Å²) in [6, 6.07) is 11.6. The van der Waals surface area contributed by atoms with Gasteiger partial charge in [-0.1, -0.05) is 17.8 Å². The van der Waals surface area contributed by atoms with Gasteiger partial charge < -0.3 is 15.9 Å². The van der Waals surface area contributed by atoms with E-state index in [0.717, 1.165) is 9.79 Å². The Kier molecular flexibility index (Phi) is 4.49. The number of aliphatic carboxylic acids is 1. The van der Waals surface area contributed by atoms with Gasteiger partial charge in [-0.25, -0.2) is 4.79 Å². The van der Waals surface area contributed by atoms with Crippen LogP contribution in [0.25, 0.3) is 0 Å². The van der Waals surface area contributed by atoms with Gasteiger partial charge in [0, 0.05) is 15.5 Å². The molecule has 2 aromatic carbocycles. The minimum absolute atomic E-state index is 0.0670. The topological polar surface area (TPSA) is 101 Å². The van der Waals surface area contributed by atoms with Crippen LogP contribution in [0.15, 0.2) is 52.3 Å². The van der Waals surface area contributed by atoms with Crippen LogP contribution in [0.4, 0.5) is 5.69 Å². The molecule has 2 aromatic rings. The van der Waals surface area contributed by atoms with Crippen molar-refractivity contribution in [3.63, 3.8) is 0 Å². The molecular weight excluding hydrogens is 290 g/mol. The fourth-order valence-electron chi connectivity index (χ4n) is 1.77. The van der Waals surface area contributed by atoms with Crippen molar-refractivity contribution in [1.82, 2.24) is 0 Å². The van der Waals surface area contributed by atoms with Crippen LogP contribution in [-0.4, -0.2) is 22.2 Å². The molecule has 0 bridgehead atoms. The largest absolute Gasteiger partial charge is 0.481 e. The first-order valence-corrected chi connectivity index (χ1v) is 6.89. The second kappa shape index (κ2) is 6.32. The number of nitrogen functional groups attached to an aromatic ring is 1. The summed E-state index contributed by atoms with van der Waals surface area (Å²) >= 11 is 1.40. The molecule has 0 aliphatic rings. The zero-order valence-corrected chi connectivity index (χ0v) is 11.8. The second-order valence-corrected chi connectivity index (χ2v) is 5.49. The first kappa shape index (κ1) is 14.9. The summed E-state index contributed by atoms with van der Waals surface area (Å²) in [7, 11) is 0. The maximum absolute atomic E-state index is 10.8. The van der Waals surface area contributed by atoms with Crippen LogP contribution >= 0.6 is 11.8 Å². The zero-order chi connectivity index (χ0) is 15.4. The van der Waals surface area contributed by atoms with Crippen LogP contribution in [0, 0.1) is 0 Å². The normalized spacial score (nSPS) is 10.3. The first-order chi connectivity index (χ1) is 9.95. The Balaban J connectivity index is 2.15. The van der Waals surface area contributed by atoms with Crippen molar-refractivity contribution in [2.75, 3.05) is 5.73 Å². The zero-order valence-electron chi connectivity index (χ0n) is 10.9. The molecule has 0 heterocycles. The van der Waals surface area contributed by atoms with E-state index in [1.807, 2.05) is 0 Å². The lowest BCUT2D eigenvalue weighted by Crippen LogP contribution is -2.01. The predicted molar refractivity (Wildman–Crippen MR) is 79.7 cm³/mol. The maximum atomic E-state index is 10.8. The number of carbonyl (C=O) groups is 2. The summed E-state index contributed by atoms with van der Waals surface area (Å²) in [6.07, 6.45) is -0.0670. The molecule has 0 fully saturated rings. The third kappa shape index (κ3) is 4.00. The maximum Gasteiger partial charge on any atom is 0.335 e. The minimum Gasteiger partial charge on any atom is -0.481 e. The van der Waals surface area contributed by atoms with Crippen molar-refractivity contribution < 1.29 is 19.8 Å². The summed E-state index contributed by atoms with van der Waals surface area (Å²) in [5.74, 6) is -1.87. The number of rotatable bonds is 5. The van der Waals surface area contributed by atoms with E-state index in [9.17, 15) is 9.59 Å². The summed E-state index contributed by atoms with van der Waals surface area (Å²) in [5, 5.41) is 17.6. The molecule has 0 unspecified atom stereocenters. The summed E-state index contributed by atoms with van der Waals surface area (Å²) < 4.78 is 0. The number of nitrogens with two attached hydrogens (primary N) is 1. The Labute approximate surface area is 125 Å². The number of hydrogen-bond donors (Lipinski definition) is 3. The molecule has 2 rings (SSSR count). The smallest absolute Gasteiger partial charge is 0.335 e. The van der Waals surface area contributed by atoms with Gasteiger partial charge in [0.1, 0.15) is 0 Å². The van der Waals surface area contributed by atoms with Crippen molar-refractivity contribution in [3.8, 4) is 0 Å². The third-order valence-electron chi connectivity index (χ3n) is 2.76. The molecule has 21 heavy (non-hydrogen) atoms. The Hall–Kier alpha value is -2.47. The Morgan fingerprint density at radius 1 is 1.05 bits per heavy atom. The predicted octanol–water partition coefficient (Wildman–Crippen LogP) is 2.75. The number of carboxylic acid groups (broad SMARTS) is 2. The summed E-state index contributed by atoms with van der Waals surface area (Å²) in [5.41, 5.74) is 7.29. The SMILES string of the molecule is Nc1cc(CC(=O)O)ccc1Sc1ccc(C(=O)O)cc1. The highest BCUT2D eigenvalue weighted by molar-refractivity contribution is 7.99. The van der Waals surface area contributed by atoms with Crippen molar-refractivity contribution in [2.24, 2.45) is 0 Å². The number of aromatic carboxylic acids is 1. The van der Waals surface area contributed by atoms with Crippen molar-refractivity contribution in [1.29, 1.82) is 0 Å². The number of carboxylic acids is 2. The van der Waals surface area contributed by atoms with Crippen LogP contribution in [0.5, 0.6) is 0 Å². The minimum atomic E-state index is -0.968. The van der Waals surface area contributed by atoms with Gasteiger partial charge in [-0.2, -0.15) is 0 Å². The molecular formula is C15H13NO4S. The van der Waals surface area contributed by atoms with Crippen LogP contribution < -0.4 is 5.73 Å². The lowest BCUT2D eigenvalue weighted by Gasteiger charge is -2.07. The highest BCUT2D eigenvalue weighted by Gasteiger charge is 2.07. The lowest BCUT2D eigenvalue weighted by molar-refractivity contribution is -0.136. The van der Waals surface area contributed by atoms with E-state index >= 15 is 0 Å². The van der Waals surface area contributed by atoms with E-state index in [-0.39, 0.29) is 12.0 Å². The molecule has 5 nitrogen and oxygen atoms in total. The van der Waals surface area contributed by atoms with Crippen molar-refractivity contribution in [2.45, 2.75) is 16.2 Å². The van der Waals surface area contributed by atoms with Gasteiger partial charge in [-0.3, -0.25) is 4.79 Å². The lowest BCUT2D eigenvalue weighted by atomic mass is 10.1. The van der Waals surface area contributed by atoms with Gasteiger partial charge in [0.25, 0.3) is 0 Å². The number of anilines is 1. The van der Waals surface area contributed by atoms with Gasteiger partial charge in [0.15, 0.2) is 0 Å². The summed E-state index contributed by atoms with van der Waals surface area (Å²) in [4.78, 5) is 23.1. The molecule has 6 heteroatoms. The van der Waals surface area contributed by atoms with Crippen molar-refractivity contribution in [3.05, 3.63) is 53.6 Å². The van der Waals surface area contributed by atoms with Crippen molar-refractivity contribution >= 4 is 29.4 Å². The molecule has 0 aliphatic heterocycles. The fraction of sp³-hybridized carbons (Fsp3) is 0.0667. The molecule has 0 aliphatic carbocycles. The van der Waals surface area contributed by atoms with E-state index in [0.29, 0.717) is 11.3 Å². The molecule has 108 valence electrons. The van der Waals surface area contributed by atoms with Crippen LogP contribution in [0.3, 0.4) is 0 Å². The quantitative estimate of drug-likeness (QED) is 0.734. The van der Waals surface area contributed by atoms with E-state index < -0.39 is 11.9 Å². The van der Waals surface area contributed by atoms with Crippen LogP contribution in [0.2, 0.25) is 0 Å². The van der Waals surface area contributed by atoms with E-state index in [4.69, 9.17) is 15.9 Å². The Morgan fingerprint density at radius 2 is 1.71 bits per heavy atom. The second-order valence-electron chi connectivity index (χ2n) is 4.37. The Bertz CT molecular complexity index is 683. The van der Waals surface area contributed by atoms with Crippen LogP contribution in [-0.2, 0) is 11.2 Å². The number of benzene rings is 2. The number of hydrogen-bond acceptors (Lipinski definition) is 4. The molecule has 0 amide bonds.